The predicted octanol–water partition coefficient (Wildman–Crippen LogP) is 4.27. The Labute approximate surface area is 163 Å². The van der Waals surface area contributed by atoms with Crippen LogP contribution in [-0.2, 0) is 14.3 Å². The number of ether oxygens (including phenoxy) is 1. The molecule has 1 aliphatic carbocycles. The summed E-state index contributed by atoms with van der Waals surface area (Å²) in [5.41, 5.74) is -1.10. The van der Waals surface area contributed by atoms with E-state index in [4.69, 9.17) is 4.74 Å². The second kappa shape index (κ2) is 7.92. The van der Waals surface area contributed by atoms with Crippen LogP contribution in [0.3, 0.4) is 0 Å². The quantitative estimate of drug-likeness (QED) is 0.813. The molecule has 0 unspecified atom stereocenters. The van der Waals surface area contributed by atoms with Crippen molar-refractivity contribution < 1.29 is 18.7 Å². The van der Waals surface area contributed by atoms with Gasteiger partial charge in [0.2, 0.25) is 5.91 Å². The lowest BCUT2D eigenvalue weighted by Gasteiger charge is -2.40. The van der Waals surface area contributed by atoms with Crippen molar-refractivity contribution in [3.05, 3.63) is 40.7 Å². The summed E-state index contributed by atoms with van der Waals surface area (Å²) in [6.45, 7) is 5.07. The van der Waals surface area contributed by atoms with Crippen LogP contribution in [-0.4, -0.2) is 34.2 Å². The summed E-state index contributed by atoms with van der Waals surface area (Å²) in [6.07, 6.45) is 4.54. The van der Waals surface area contributed by atoms with Gasteiger partial charge in [-0.2, -0.15) is 0 Å². The standard InChI is InChI=1S/C20H25FN2O3S/c1-13-17(27-14-8-4-5-9-14)18(24)23(12-26-13)20(2,3)19(25)22-16-11-7-6-10-15(16)21/h6-7,10-11,14H,4-5,8-9,12H2,1-3H3,(H,22,25). The zero-order chi connectivity index (χ0) is 19.6. The average Bonchev–Trinajstić information content (AvgIpc) is 3.13. The van der Waals surface area contributed by atoms with Crippen LogP contribution in [0.1, 0.15) is 46.5 Å². The highest BCUT2D eigenvalue weighted by molar-refractivity contribution is 8.04. The number of benzene rings is 1. The van der Waals surface area contributed by atoms with Gasteiger partial charge in [-0.05, 0) is 45.7 Å². The van der Waals surface area contributed by atoms with Gasteiger partial charge < -0.3 is 10.1 Å². The molecule has 0 bridgehead atoms. The molecule has 1 heterocycles. The number of nitrogens with zero attached hydrogens (tertiary/aromatic N) is 1. The van der Waals surface area contributed by atoms with Crippen LogP contribution in [0, 0.1) is 5.82 Å². The molecule has 2 amide bonds. The fraction of sp³-hybridized carbons (Fsp3) is 0.500. The molecule has 0 spiro atoms. The molecular formula is C20H25FN2O3S. The normalized spacial score (nSPS) is 18.7. The second-order valence-electron chi connectivity index (χ2n) is 7.41. The molecule has 5 nitrogen and oxygen atoms in total. The largest absolute Gasteiger partial charge is 0.476 e. The van der Waals surface area contributed by atoms with Gasteiger partial charge in [0.05, 0.1) is 5.69 Å². The summed E-state index contributed by atoms with van der Waals surface area (Å²) >= 11 is 1.55. The van der Waals surface area contributed by atoms with E-state index < -0.39 is 17.3 Å². The molecule has 1 aromatic rings. The average molecular weight is 392 g/mol. The van der Waals surface area contributed by atoms with Crippen molar-refractivity contribution in [2.45, 2.75) is 57.2 Å². The zero-order valence-electron chi connectivity index (χ0n) is 15.9. The van der Waals surface area contributed by atoms with Gasteiger partial charge in [-0.15, -0.1) is 11.8 Å². The number of hydrogen-bond acceptors (Lipinski definition) is 4. The van der Waals surface area contributed by atoms with Gasteiger partial charge in [0.15, 0.2) is 6.73 Å². The topological polar surface area (TPSA) is 58.6 Å². The van der Waals surface area contributed by atoms with E-state index in [0.29, 0.717) is 15.9 Å². The number of halogens is 1. The zero-order valence-corrected chi connectivity index (χ0v) is 16.7. The lowest BCUT2D eigenvalue weighted by atomic mass is 10.0. The van der Waals surface area contributed by atoms with Crippen LogP contribution in [0.5, 0.6) is 0 Å². The van der Waals surface area contributed by atoms with Gasteiger partial charge in [0.1, 0.15) is 22.0 Å². The molecule has 146 valence electrons. The third-order valence-corrected chi connectivity index (χ3v) is 6.61. The van der Waals surface area contributed by atoms with Crippen LogP contribution in [0.2, 0.25) is 0 Å². The maximum Gasteiger partial charge on any atom is 0.267 e. The van der Waals surface area contributed by atoms with Crippen LogP contribution in [0.25, 0.3) is 0 Å². The number of carbonyl (C=O) groups is 2. The third-order valence-electron chi connectivity index (χ3n) is 5.11. The Bertz CT molecular complexity index is 772. The minimum absolute atomic E-state index is 0.00289. The van der Waals surface area contributed by atoms with E-state index >= 15 is 0 Å². The Hall–Kier alpha value is -2.02. The summed E-state index contributed by atoms with van der Waals surface area (Å²) in [6, 6.07) is 5.96. The molecule has 3 rings (SSSR count). The van der Waals surface area contributed by atoms with Gasteiger partial charge in [0, 0.05) is 5.25 Å². The maximum absolute atomic E-state index is 13.9. The Balaban J connectivity index is 1.76. The highest BCUT2D eigenvalue weighted by atomic mass is 32.2. The van der Waals surface area contributed by atoms with E-state index in [1.165, 1.54) is 29.9 Å². The van der Waals surface area contributed by atoms with E-state index in [0.717, 1.165) is 12.8 Å². The van der Waals surface area contributed by atoms with Crippen molar-refractivity contribution in [1.29, 1.82) is 0 Å². The third kappa shape index (κ3) is 4.13. The van der Waals surface area contributed by atoms with Crippen LogP contribution < -0.4 is 5.32 Å². The van der Waals surface area contributed by atoms with E-state index in [1.807, 2.05) is 0 Å². The van der Waals surface area contributed by atoms with Gasteiger partial charge in [-0.1, -0.05) is 25.0 Å². The minimum atomic E-state index is -1.19. The van der Waals surface area contributed by atoms with Crippen molar-refractivity contribution in [1.82, 2.24) is 4.90 Å². The van der Waals surface area contributed by atoms with Crippen molar-refractivity contribution >= 4 is 29.3 Å². The van der Waals surface area contributed by atoms with Crippen molar-refractivity contribution in [2.24, 2.45) is 0 Å². The van der Waals surface area contributed by atoms with Gasteiger partial charge in [-0.3, -0.25) is 14.5 Å². The number of anilines is 1. The van der Waals surface area contributed by atoms with Crippen molar-refractivity contribution in [3.8, 4) is 0 Å². The highest BCUT2D eigenvalue weighted by Crippen LogP contribution is 2.39. The molecule has 2 aliphatic rings. The SMILES string of the molecule is CC1=C(SC2CCCC2)C(=O)N(C(C)(C)C(=O)Nc2ccccc2F)CO1. The number of nitrogens with one attached hydrogen (secondary N) is 1. The first-order valence-electron chi connectivity index (χ1n) is 9.19. The molecule has 1 aliphatic heterocycles. The predicted molar refractivity (Wildman–Crippen MR) is 104 cm³/mol. The van der Waals surface area contributed by atoms with E-state index in [9.17, 15) is 14.0 Å². The molecule has 0 aromatic heterocycles. The summed E-state index contributed by atoms with van der Waals surface area (Å²) in [5.74, 6) is -0.576. The molecule has 7 heteroatoms. The number of rotatable bonds is 5. The lowest BCUT2D eigenvalue weighted by molar-refractivity contribution is -0.148. The molecule has 1 aromatic carbocycles. The molecular weight excluding hydrogens is 367 g/mol. The number of thioether (sulfide) groups is 1. The van der Waals surface area contributed by atoms with Gasteiger partial charge >= 0.3 is 0 Å². The Morgan fingerprint density at radius 1 is 1.30 bits per heavy atom. The van der Waals surface area contributed by atoms with Gasteiger partial charge in [0.25, 0.3) is 5.91 Å². The maximum atomic E-state index is 13.9. The number of carbonyl (C=O) groups excluding carboxylic acids is 2. The summed E-state index contributed by atoms with van der Waals surface area (Å²) < 4.78 is 19.6. The van der Waals surface area contributed by atoms with Crippen LogP contribution in [0.4, 0.5) is 10.1 Å². The Morgan fingerprint density at radius 2 is 1.96 bits per heavy atom. The molecule has 1 saturated carbocycles. The Morgan fingerprint density at radius 3 is 2.63 bits per heavy atom. The van der Waals surface area contributed by atoms with Gasteiger partial charge in [-0.25, -0.2) is 4.39 Å². The first kappa shape index (κ1) is 19.7. The highest BCUT2D eigenvalue weighted by Gasteiger charge is 2.42. The summed E-state index contributed by atoms with van der Waals surface area (Å²) in [7, 11) is 0. The molecule has 0 radical (unpaired) electrons. The fourth-order valence-corrected chi connectivity index (χ4v) is 4.58. The van der Waals surface area contributed by atoms with E-state index in [2.05, 4.69) is 5.32 Å². The summed E-state index contributed by atoms with van der Waals surface area (Å²) in [5, 5.41) is 3.00. The molecule has 1 fully saturated rings. The molecule has 0 saturated heterocycles. The van der Waals surface area contributed by atoms with Crippen molar-refractivity contribution in [2.75, 3.05) is 12.0 Å². The lowest BCUT2D eigenvalue weighted by Crippen LogP contribution is -2.57. The van der Waals surface area contributed by atoms with Crippen molar-refractivity contribution in [3.63, 3.8) is 0 Å². The minimum Gasteiger partial charge on any atom is -0.476 e. The molecule has 27 heavy (non-hydrogen) atoms. The molecule has 1 N–H and O–H groups in total. The van der Waals surface area contributed by atoms with E-state index in [-0.39, 0.29) is 18.3 Å². The van der Waals surface area contributed by atoms with E-state index in [1.54, 1.807) is 44.7 Å². The number of hydrogen-bond donors (Lipinski definition) is 1. The smallest absolute Gasteiger partial charge is 0.267 e. The Kier molecular flexibility index (Phi) is 5.79. The molecule has 0 atom stereocenters. The van der Waals surface area contributed by atoms with Crippen LogP contribution in [0.15, 0.2) is 34.9 Å². The first-order chi connectivity index (χ1) is 12.8. The van der Waals surface area contributed by atoms with Crippen LogP contribution >= 0.6 is 11.8 Å². The number of para-hydroxylation sites is 1. The summed E-state index contributed by atoms with van der Waals surface area (Å²) in [4.78, 5) is 27.9. The number of amides is 2. The number of allylic oxidation sites excluding steroid dienone is 1. The first-order valence-corrected chi connectivity index (χ1v) is 10.1. The second-order valence-corrected chi connectivity index (χ2v) is 8.72. The fourth-order valence-electron chi connectivity index (χ4n) is 3.24. The monoisotopic (exact) mass is 392 g/mol.